The number of cyclic esters (lactones) is 1. The van der Waals surface area contributed by atoms with Gasteiger partial charge in [0, 0.05) is 12.6 Å². The Balaban J connectivity index is 1.69. The zero-order valence-corrected chi connectivity index (χ0v) is 21.0. The van der Waals surface area contributed by atoms with Gasteiger partial charge in [0.05, 0.1) is 24.2 Å². The molecule has 2 fully saturated rings. The summed E-state index contributed by atoms with van der Waals surface area (Å²) in [4.78, 5) is 45.2. The van der Waals surface area contributed by atoms with E-state index < -0.39 is 41.1 Å². The predicted octanol–water partition coefficient (Wildman–Crippen LogP) is 2.39. The Kier molecular flexibility index (Phi) is 6.29. The zero-order chi connectivity index (χ0) is 25.7. The summed E-state index contributed by atoms with van der Waals surface area (Å²) in [6.07, 6.45) is 8.93. The normalized spacial score (nSPS) is 35.0. The van der Waals surface area contributed by atoms with Crippen LogP contribution in [0, 0.1) is 11.8 Å². The monoisotopic (exact) mass is 494 g/mol. The van der Waals surface area contributed by atoms with Crippen molar-refractivity contribution in [1.29, 1.82) is 0 Å². The first-order valence-electron chi connectivity index (χ1n) is 12.8. The minimum Gasteiger partial charge on any atom is -0.461 e. The van der Waals surface area contributed by atoms with Crippen LogP contribution < -0.4 is 0 Å². The van der Waals surface area contributed by atoms with E-state index in [1.54, 1.807) is 24.0 Å². The van der Waals surface area contributed by atoms with Crippen molar-refractivity contribution in [3.05, 3.63) is 60.2 Å². The van der Waals surface area contributed by atoms with Crippen LogP contribution in [0.4, 0.5) is 0 Å². The van der Waals surface area contributed by atoms with Gasteiger partial charge in [0.25, 0.3) is 0 Å². The third-order valence-electron chi connectivity index (χ3n) is 8.21. The number of rotatable bonds is 6. The smallest absolute Gasteiger partial charge is 0.313 e. The lowest BCUT2D eigenvalue weighted by atomic mass is 9.74. The van der Waals surface area contributed by atoms with Crippen molar-refractivity contribution in [2.24, 2.45) is 11.8 Å². The number of esters is 1. The number of carbonyl (C=O) groups is 3. The lowest BCUT2D eigenvalue weighted by Crippen LogP contribution is -2.58. The summed E-state index contributed by atoms with van der Waals surface area (Å²) >= 11 is 0. The summed E-state index contributed by atoms with van der Waals surface area (Å²) < 4.78 is 12.1. The first-order chi connectivity index (χ1) is 17.3. The highest BCUT2D eigenvalue weighted by atomic mass is 16.6. The van der Waals surface area contributed by atoms with Crippen molar-refractivity contribution in [1.82, 2.24) is 9.80 Å². The molecular weight excluding hydrogens is 460 g/mol. The van der Waals surface area contributed by atoms with Crippen LogP contribution in [0.15, 0.2) is 54.6 Å². The van der Waals surface area contributed by atoms with E-state index in [1.165, 1.54) is 4.90 Å². The van der Waals surface area contributed by atoms with Gasteiger partial charge in [-0.05, 0) is 31.9 Å². The summed E-state index contributed by atoms with van der Waals surface area (Å²) in [5.41, 5.74) is -1.75. The maximum atomic E-state index is 14.3. The van der Waals surface area contributed by atoms with Crippen LogP contribution >= 0.6 is 0 Å². The van der Waals surface area contributed by atoms with Crippen LogP contribution in [-0.2, 0) is 23.9 Å². The van der Waals surface area contributed by atoms with Crippen LogP contribution in [0.5, 0.6) is 0 Å². The molecule has 7 atom stereocenters. The first kappa shape index (κ1) is 24.7. The van der Waals surface area contributed by atoms with Gasteiger partial charge in [0.2, 0.25) is 11.8 Å². The standard InChI is InChI=1S/C28H34N2O6/c1-4-10-18(2)29-15-8-14-28-21(22-26(34)35-16-9-13-27(22,3)36-28)24(32)30(23(28)25(29)33)20(17-31)19-11-6-5-7-12-19/h5-9,11-14,18,20-23,31H,4,10,15-17H2,1-3H3/t18?,20-,21+,22-,23?,27+,28+/m1/s1. The number of hydrogen-bond acceptors (Lipinski definition) is 6. The topological polar surface area (TPSA) is 96.4 Å². The van der Waals surface area contributed by atoms with Gasteiger partial charge in [-0.1, -0.05) is 61.9 Å². The second-order valence-corrected chi connectivity index (χ2v) is 10.4. The Bertz CT molecular complexity index is 1100. The van der Waals surface area contributed by atoms with Gasteiger partial charge in [0.1, 0.15) is 24.2 Å². The van der Waals surface area contributed by atoms with Crippen molar-refractivity contribution in [2.75, 3.05) is 19.8 Å². The Labute approximate surface area is 211 Å². The number of likely N-dealkylation sites (tertiary alicyclic amines) is 1. The molecule has 0 saturated carbocycles. The number of benzene rings is 1. The summed E-state index contributed by atoms with van der Waals surface area (Å²) in [7, 11) is 0. The molecule has 4 aliphatic heterocycles. The molecule has 1 N–H and O–H groups in total. The van der Waals surface area contributed by atoms with Gasteiger partial charge in [-0.15, -0.1) is 0 Å². The van der Waals surface area contributed by atoms with Crippen LogP contribution in [-0.4, -0.2) is 75.7 Å². The van der Waals surface area contributed by atoms with Gasteiger partial charge in [0.15, 0.2) is 0 Å². The van der Waals surface area contributed by atoms with Crippen molar-refractivity contribution in [3.8, 4) is 0 Å². The lowest BCUT2D eigenvalue weighted by Gasteiger charge is -2.41. The first-order valence-corrected chi connectivity index (χ1v) is 12.8. The Morgan fingerprint density at radius 1 is 1.08 bits per heavy atom. The summed E-state index contributed by atoms with van der Waals surface area (Å²) in [6, 6.07) is 7.34. The van der Waals surface area contributed by atoms with Crippen LogP contribution in [0.2, 0.25) is 0 Å². The molecule has 8 nitrogen and oxygen atoms in total. The van der Waals surface area contributed by atoms with Crippen molar-refractivity contribution in [2.45, 2.75) is 62.9 Å². The molecule has 2 saturated heterocycles. The number of aliphatic hydroxyl groups excluding tert-OH is 1. The molecular formula is C28H34N2O6. The molecule has 4 aliphatic rings. The minimum atomic E-state index is -1.36. The molecule has 8 heteroatoms. The fraction of sp³-hybridized carbons (Fsp3) is 0.536. The minimum absolute atomic E-state index is 0.0464. The van der Waals surface area contributed by atoms with Gasteiger partial charge in [-0.25, -0.2) is 0 Å². The molecule has 2 unspecified atom stereocenters. The average molecular weight is 495 g/mol. The largest absolute Gasteiger partial charge is 0.461 e. The number of nitrogens with zero attached hydrogens (tertiary/aromatic N) is 2. The highest BCUT2D eigenvalue weighted by molar-refractivity contribution is 5.99. The van der Waals surface area contributed by atoms with Crippen molar-refractivity contribution in [3.63, 3.8) is 0 Å². The predicted molar refractivity (Wildman–Crippen MR) is 131 cm³/mol. The molecule has 0 bridgehead atoms. The fourth-order valence-electron chi connectivity index (χ4n) is 6.65. The lowest BCUT2D eigenvalue weighted by molar-refractivity contribution is -0.160. The fourth-order valence-corrected chi connectivity index (χ4v) is 6.65. The van der Waals surface area contributed by atoms with E-state index in [4.69, 9.17) is 9.47 Å². The number of aliphatic hydroxyl groups is 1. The van der Waals surface area contributed by atoms with Gasteiger partial charge in [-0.2, -0.15) is 0 Å². The molecule has 1 spiro atoms. The molecule has 2 amide bonds. The number of hydrogen-bond donors (Lipinski definition) is 1. The third-order valence-corrected chi connectivity index (χ3v) is 8.21. The maximum Gasteiger partial charge on any atom is 0.313 e. The van der Waals surface area contributed by atoms with Crippen LogP contribution in [0.25, 0.3) is 0 Å². The van der Waals surface area contributed by atoms with E-state index in [0.29, 0.717) is 12.1 Å². The molecule has 4 heterocycles. The average Bonchev–Trinajstić information content (AvgIpc) is 3.11. The number of fused-ring (bicyclic) bond motifs is 2. The van der Waals surface area contributed by atoms with E-state index in [9.17, 15) is 19.5 Å². The molecule has 1 aromatic rings. The van der Waals surface area contributed by atoms with Gasteiger partial charge < -0.3 is 24.4 Å². The van der Waals surface area contributed by atoms with E-state index in [0.717, 1.165) is 12.8 Å². The van der Waals surface area contributed by atoms with E-state index in [1.807, 2.05) is 49.4 Å². The van der Waals surface area contributed by atoms with E-state index in [2.05, 4.69) is 6.92 Å². The van der Waals surface area contributed by atoms with E-state index in [-0.39, 0.29) is 31.1 Å². The van der Waals surface area contributed by atoms with Gasteiger partial charge in [-0.3, -0.25) is 14.4 Å². The van der Waals surface area contributed by atoms with Crippen molar-refractivity contribution < 1.29 is 29.0 Å². The molecule has 36 heavy (non-hydrogen) atoms. The summed E-state index contributed by atoms with van der Waals surface area (Å²) in [6.45, 7) is 5.98. The van der Waals surface area contributed by atoms with Crippen LogP contribution in [0.1, 0.15) is 45.2 Å². The highest BCUT2D eigenvalue weighted by Crippen LogP contribution is 2.58. The third kappa shape index (κ3) is 3.53. The summed E-state index contributed by atoms with van der Waals surface area (Å²) in [5.74, 6) is -3.00. The highest BCUT2D eigenvalue weighted by Gasteiger charge is 2.75. The molecule has 0 radical (unpaired) electrons. The Hall–Kier alpha value is -2.97. The van der Waals surface area contributed by atoms with E-state index >= 15 is 0 Å². The number of ether oxygens (including phenoxy) is 2. The second kappa shape index (κ2) is 9.16. The molecule has 1 aromatic carbocycles. The SMILES string of the molecule is CCCC(C)N1CC=C[C@]23O[C@@]4(C)C=CCOC(=O)[C@H]4[C@H]2C(=O)N([C@H](CO)c2ccccc2)C3C1=O. The summed E-state index contributed by atoms with van der Waals surface area (Å²) in [5, 5.41) is 10.5. The van der Waals surface area contributed by atoms with Crippen molar-refractivity contribution >= 4 is 17.8 Å². The quantitative estimate of drug-likeness (QED) is 0.482. The molecule has 192 valence electrons. The second-order valence-electron chi connectivity index (χ2n) is 10.4. The number of carbonyl (C=O) groups excluding carboxylic acids is 3. The van der Waals surface area contributed by atoms with Crippen LogP contribution in [0.3, 0.4) is 0 Å². The number of amides is 2. The molecule has 0 aromatic heterocycles. The van der Waals surface area contributed by atoms with Gasteiger partial charge >= 0.3 is 5.97 Å². The molecule has 5 rings (SSSR count). The molecule has 0 aliphatic carbocycles. The Morgan fingerprint density at radius 3 is 2.53 bits per heavy atom. The maximum absolute atomic E-state index is 14.3. The Morgan fingerprint density at radius 2 is 1.83 bits per heavy atom. The zero-order valence-electron chi connectivity index (χ0n) is 21.0.